The molecule has 1 amide bonds. The minimum atomic E-state index is 0.169. The lowest BCUT2D eigenvalue weighted by atomic mass is 10.2. The molecule has 0 bridgehead atoms. The average molecular weight is 189 g/mol. The number of nitrogens with zero attached hydrogens (tertiary/aromatic N) is 1. The van der Waals surface area contributed by atoms with Gasteiger partial charge in [0.1, 0.15) is 0 Å². The average Bonchev–Trinajstić information content (AvgIpc) is 2.97. The van der Waals surface area contributed by atoms with Crippen LogP contribution >= 0.6 is 0 Å². The van der Waals surface area contributed by atoms with Crippen molar-refractivity contribution in [1.82, 2.24) is 5.53 Å². The molecule has 1 aliphatic heterocycles. The Kier molecular flexibility index (Phi) is 1.52. The lowest BCUT2D eigenvalue weighted by Crippen LogP contribution is -2.42. The normalized spacial score (nSPS) is 19.0. The number of rotatable bonds is 1. The van der Waals surface area contributed by atoms with Crippen molar-refractivity contribution < 1.29 is 4.79 Å². The molecule has 0 aromatic heterocycles. The number of carbonyl (C=O) groups excluding carboxylic acids is 1. The topological polar surface area (TPSA) is 44.4 Å². The van der Waals surface area contributed by atoms with Gasteiger partial charge in [0, 0.05) is 5.92 Å². The highest BCUT2D eigenvalue weighted by molar-refractivity contribution is 6.00. The predicted molar refractivity (Wildman–Crippen MR) is 53.4 cm³/mol. The summed E-state index contributed by atoms with van der Waals surface area (Å²) in [7, 11) is 0. The van der Waals surface area contributed by atoms with Gasteiger partial charge in [-0.05, 0) is 25.0 Å². The van der Waals surface area contributed by atoms with Crippen molar-refractivity contribution in [2.24, 2.45) is 5.92 Å². The number of amides is 1. The van der Waals surface area contributed by atoms with Crippen LogP contribution in [0.15, 0.2) is 24.3 Å². The summed E-state index contributed by atoms with van der Waals surface area (Å²) in [6, 6.07) is 7.75. The van der Waals surface area contributed by atoms with E-state index >= 15 is 0 Å². The molecule has 4 nitrogen and oxygen atoms in total. The van der Waals surface area contributed by atoms with Crippen LogP contribution in [0.4, 0.5) is 11.4 Å². The van der Waals surface area contributed by atoms with E-state index in [1.54, 1.807) is 5.01 Å². The van der Waals surface area contributed by atoms with E-state index in [-0.39, 0.29) is 11.8 Å². The highest BCUT2D eigenvalue weighted by Crippen LogP contribution is 2.35. The maximum Gasteiger partial charge on any atom is 0.245 e. The van der Waals surface area contributed by atoms with E-state index in [0.29, 0.717) is 0 Å². The fraction of sp³-hybridized carbons (Fsp3) is 0.300. The van der Waals surface area contributed by atoms with Crippen molar-refractivity contribution in [1.29, 1.82) is 0 Å². The molecule has 0 spiro atoms. The van der Waals surface area contributed by atoms with Gasteiger partial charge >= 0.3 is 0 Å². The Bertz CT molecular complexity index is 387. The molecular weight excluding hydrogens is 178 g/mol. The van der Waals surface area contributed by atoms with Gasteiger partial charge in [-0.25, -0.2) is 5.01 Å². The van der Waals surface area contributed by atoms with E-state index in [0.717, 1.165) is 24.2 Å². The first-order chi connectivity index (χ1) is 6.86. The molecule has 0 atom stereocenters. The van der Waals surface area contributed by atoms with Crippen LogP contribution in [0.25, 0.3) is 0 Å². The van der Waals surface area contributed by atoms with Crippen LogP contribution in [0.1, 0.15) is 12.8 Å². The second kappa shape index (κ2) is 2.72. The summed E-state index contributed by atoms with van der Waals surface area (Å²) in [6.45, 7) is 0. The summed E-state index contributed by atoms with van der Waals surface area (Å²) < 4.78 is 0. The zero-order valence-electron chi connectivity index (χ0n) is 7.66. The Morgan fingerprint density at radius 3 is 2.93 bits per heavy atom. The van der Waals surface area contributed by atoms with E-state index in [1.165, 1.54) is 0 Å². The van der Waals surface area contributed by atoms with Gasteiger partial charge in [0.15, 0.2) is 0 Å². The second-order valence-corrected chi connectivity index (χ2v) is 3.70. The van der Waals surface area contributed by atoms with Crippen molar-refractivity contribution in [3.8, 4) is 0 Å². The summed E-state index contributed by atoms with van der Waals surface area (Å²) in [5, 5.41) is 1.60. The molecule has 0 radical (unpaired) electrons. The molecule has 4 heteroatoms. The van der Waals surface area contributed by atoms with E-state index in [9.17, 15) is 4.79 Å². The molecule has 1 heterocycles. The molecule has 2 N–H and O–H groups in total. The maximum atomic E-state index is 11.8. The van der Waals surface area contributed by atoms with E-state index in [2.05, 4.69) is 11.0 Å². The van der Waals surface area contributed by atoms with Crippen molar-refractivity contribution in [3.63, 3.8) is 0 Å². The Balaban J connectivity index is 1.93. The maximum absolute atomic E-state index is 11.8. The lowest BCUT2D eigenvalue weighted by Gasteiger charge is -2.14. The monoisotopic (exact) mass is 189 g/mol. The molecule has 1 fully saturated rings. The molecule has 1 aromatic rings. The van der Waals surface area contributed by atoms with Crippen LogP contribution in [0.2, 0.25) is 0 Å². The van der Waals surface area contributed by atoms with Gasteiger partial charge in [-0.1, -0.05) is 12.1 Å². The van der Waals surface area contributed by atoms with Gasteiger partial charge in [0.05, 0.1) is 11.4 Å². The number of nitrogens with one attached hydrogen (secondary N) is 2. The number of carbonyl (C=O) groups is 1. The molecule has 1 aromatic carbocycles. The van der Waals surface area contributed by atoms with Crippen LogP contribution in [-0.4, -0.2) is 5.91 Å². The second-order valence-electron chi connectivity index (χ2n) is 3.70. The van der Waals surface area contributed by atoms with Gasteiger partial charge < -0.3 is 5.43 Å². The van der Waals surface area contributed by atoms with Crippen molar-refractivity contribution in [2.45, 2.75) is 12.8 Å². The van der Waals surface area contributed by atoms with Gasteiger partial charge in [0.25, 0.3) is 0 Å². The Hall–Kier alpha value is -1.55. The zero-order chi connectivity index (χ0) is 9.54. The summed E-state index contributed by atoms with van der Waals surface area (Å²) >= 11 is 0. The molecule has 2 aliphatic rings. The SMILES string of the molecule is O=C(C1CC1)N1NNc2ccccc21. The summed E-state index contributed by atoms with van der Waals surface area (Å²) in [4.78, 5) is 11.8. The highest BCUT2D eigenvalue weighted by atomic mass is 16.2. The first-order valence-corrected chi connectivity index (χ1v) is 4.81. The Labute approximate surface area is 81.8 Å². The zero-order valence-corrected chi connectivity index (χ0v) is 7.66. The minimum Gasteiger partial charge on any atom is -0.301 e. The van der Waals surface area contributed by atoms with Gasteiger partial charge in [0.2, 0.25) is 5.91 Å². The van der Waals surface area contributed by atoms with Gasteiger partial charge in [-0.15, -0.1) is 5.53 Å². The number of hydrazine groups is 2. The first-order valence-electron chi connectivity index (χ1n) is 4.81. The van der Waals surface area contributed by atoms with Crippen LogP contribution in [-0.2, 0) is 4.79 Å². The number of benzene rings is 1. The Morgan fingerprint density at radius 1 is 1.36 bits per heavy atom. The van der Waals surface area contributed by atoms with Crippen molar-refractivity contribution in [3.05, 3.63) is 24.3 Å². The van der Waals surface area contributed by atoms with Crippen LogP contribution in [0, 0.1) is 5.92 Å². The highest BCUT2D eigenvalue weighted by Gasteiger charge is 2.36. The largest absolute Gasteiger partial charge is 0.301 e. The number of fused-ring (bicyclic) bond motifs is 1. The van der Waals surface area contributed by atoms with E-state index in [4.69, 9.17) is 0 Å². The van der Waals surface area contributed by atoms with Crippen LogP contribution < -0.4 is 16.0 Å². The summed E-state index contributed by atoms with van der Waals surface area (Å²) in [5.41, 5.74) is 7.73. The quantitative estimate of drug-likeness (QED) is 0.699. The molecule has 1 saturated carbocycles. The standard InChI is InChI=1S/C10H11N3O/c14-10(7-5-6-7)13-9-4-2-1-3-8(9)11-12-13/h1-4,7,11-12H,5-6H2. The fourth-order valence-electron chi connectivity index (χ4n) is 1.64. The first kappa shape index (κ1) is 7.82. The number of hydrogen-bond donors (Lipinski definition) is 2. The molecular formula is C10H11N3O. The third-order valence-electron chi connectivity index (χ3n) is 2.59. The Morgan fingerprint density at radius 2 is 2.14 bits per heavy atom. The summed E-state index contributed by atoms with van der Waals surface area (Å²) in [5.74, 6) is 0.401. The predicted octanol–water partition coefficient (Wildman–Crippen LogP) is 1.27. The molecule has 14 heavy (non-hydrogen) atoms. The van der Waals surface area contributed by atoms with Gasteiger partial charge in [-0.3, -0.25) is 4.79 Å². The third kappa shape index (κ3) is 1.08. The third-order valence-corrected chi connectivity index (χ3v) is 2.59. The van der Waals surface area contributed by atoms with E-state index in [1.807, 2.05) is 24.3 Å². The number of anilines is 2. The molecule has 0 saturated heterocycles. The fourth-order valence-corrected chi connectivity index (χ4v) is 1.64. The van der Waals surface area contributed by atoms with E-state index < -0.39 is 0 Å². The summed E-state index contributed by atoms with van der Waals surface area (Å²) in [6.07, 6.45) is 2.05. The van der Waals surface area contributed by atoms with Crippen molar-refractivity contribution >= 4 is 17.3 Å². The molecule has 1 aliphatic carbocycles. The molecule has 3 rings (SSSR count). The van der Waals surface area contributed by atoms with Crippen LogP contribution in [0.3, 0.4) is 0 Å². The lowest BCUT2D eigenvalue weighted by molar-refractivity contribution is -0.120. The van der Waals surface area contributed by atoms with Crippen molar-refractivity contribution in [2.75, 3.05) is 10.4 Å². The van der Waals surface area contributed by atoms with Crippen LogP contribution in [0.5, 0.6) is 0 Å². The smallest absolute Gasteiger partial charge is 0.245 e. The molecule has 72 valence electrons. The van der Waals surface area contributed by atoms with Gasteiger partial charge in [-0.2, -0.15) is 0 Å². The minimum absolute atomic E-state index is 0.169. The number of hydrogen-bond acceptors (Lipinski definition) is 3. The molecule has 0 unspecified atom stereocenters. The number of para-hydroxylation sites is 2.